The van der Waals surface area contributed by atoms with Gasteiger partial charge in [0.05, 0.1) is 29.0 Å². The summed E-state index contributed by atoms with van der Waals surface area (Å²) in [7, 11) is 2.15. The summed E-state index contributed by atoms with van der Waals surface area (Å²) >= 11 is 6.51. The van der Waals surface area contributed by atoms with Crippen molar-refractivity contribution in [2.45, 2.75) is 18.9 Å². The second-order valence-corrected chi connectivity index (χ2v) is 9.26. The van der Waals surface area contributed by atoms with E-state index in [1.807, 2.05) is 24.3 Å². The van der Waals surface area contributed by atoms with Gasteiger partial charge in [-0.3, -0.25) is 9.78 Å². The van der Waals surface area contributed by atoms with Crippen LogP contribution in [0.1, 0.15) is 23.2 Å². The van der Waals surface area contributed by atoms with Crippen LogP contribution >= 0.6 is 11.6 Å². The quantitative estimate of drug-likeness (QED) is 0.311. The summed E-state index contributed by atoms with van der Waals surface area (Å²) in [5.41, 5.74) is 3.71. The summed E-state index contributed by atoms with van der Waals surface area (Å²) in [4.78, 5) is 30.8. The number of carbonyl (C=O) groups excluding carboxylic acids is 1. The number of halogens is 1. The Labute approximate surface area is 214 Å². The number of nitrogens with one attached hydrogen (secondary N) is 3. The largest absolute Gasteiger partial charge is 0.492 e. The number of benzene rings is 1. The van der Waals surface area contributed by atoms with Crippen LogP contribution in [0.4, 0.5) is 5.69 Å². The van der Waals surface area contributed by atoms with E-state index in [1.165, 1.54) is 6.20 Å². The number of hydrogen-bond acceptors (Lipinski definition) is 7. The number of fused-ring (bicyclic) bond motifs is 1. The molecule has 1 aliphatic rings. The molecule has 0 radical (unpaired) electrons. The van der Waals surface area contributed by atoms with Gasteiger partial charge in [-0.05, 0) is 69.4 Å². The number of amides is 1. The molecule has 3 aromatic heterocycles. The van der Waals surface area contributed by atoms with Crippen LogP contribution in [0.3, 0.4) is 0 Å². The number of rotatable bonds is 8. The maximum Gasteiger partial charge on any atom is 0.252 e. The SMILES string of the molecule is CN1CCC(Nc2c(Cl)cnc3nc(-c4ccc(OCCNC(=O)c5cccnc5)cc4)[nH]c23)CC1. The van der Waals surface area contributed by atoms with Crippen LogP contribution in [0.15, 0.2) is 55.0 Å². The van der Waals surface area contributed by atoms with Gasteiger partial charge in [0.2, 0.25) is 0 Å². The summed E-state index contributed by atoms with van der Waals surface area (Å²) in [5, 5.41) is 7.01. The number of ether oxygens (including phenoxy) is 1. The number of likely N-dealkylation sites (tertiary alicyclic amines) is 1. The minimum Gasteiger partial charge on any atom is -0.492 e. The summed E-state index contributed by atoms with van der Waals surface area (Å²) in [5.74, 6) is 1.24. The van der Waals surface area contributed by atoms with E-state index >= 15 is 0 Å². The topological polar surface area (TPSA) is 108 Å². The molecule has 9 nitrogen and oxygen atoms in total. The van der Waals surface area contributed by atoms with Crippen molar-refractivity contribution in [2.24, 2.45) is 0 Å². The monoisotopic (exact) mass is 505 g/mol. The number of carbonyl (C=O) groups is 1. The van der Waals surface area contributed by atoms with Crippen molar-refractivity contribution < 1.29 is 9.53 Å². The Hall–Kier alpha value is -3.69. The first kappa shape index (κ1) is 24.0. The molecule has 4 aromatic rings. The number of piperidine rings is 1. The van der Waals surface area contributed by atoms with E-state index in [0.29, 0.717) is 47.0 Å². The molecule has 5 rings (SSSR count). The Morgan fingerprint density at radius 3 is 2.75 bits per heavy atom. The fourth-order valence-corrected chi connectivity index (χ4v) is 4.41. The van der Waals surface area contributed by atoms with E-state index in [0.717, 1.165) is 42.7 Å². The predicted octanol–water partition coefficient (Wildman–Crippen LogP) is 3.99. The van der Waals surface area contributed by atoms with E-state index in [2.05, 4.69) is 42.5 Å². The summed E-state index contributed by atoms with van der Waals surface area (Å²) in [6.07, 6.45) is 6.94. The highest BCUT2D eigenvalue weighted by molar-refractivity contribution is 6.34. The number of hydrogen-bond donors (Lipinski definition) is 3. The second kappa shape index (κ2) is 10.9. The number of imidazole rings is 1. The lowest BCUT2D eigenvalue weighted by Crippen LogP contribution is -2.36. The van der Waals surface area contributed by atoms with Gasteiger partial charge in [0.15, 0.2) is 5.65 Å². The van der Waals surface area contributed by atoms with E-state index < -0.39 is 0 Å². The third-order valence-corrected chi connectivity index (χ3v) is 6.54. The zero-order valence-electron chi connectivity index (χ0n) is 20.0. The van der Waals surface area contributed by atoms with Crippen molar-refractivity contribution in [3.63, 3.8) is 0 Å². The lowest BCUT2D eigenvalue weighted by molar-refractivity contribution is 0.0946. The molecule has 1 fully saturated rings. The second-order valence-electron chi connectivity index (χ2n) is 8.86. The van der Waals surface area contributed by atoms with E-state index in [4.69, 9.17) is 16.3 Å². The average Bonchev–Trinajstić information content (AvgIpc) is 3.35. The summed E-state index contributed by atoms with van der Waals surface area (Å²) in [6, 6.07) is 11.4. The van der Waals surface area contributed by atoms with Gasteiger partial charge in [-0.15, -0.1) is 0 Å². The fraction of sp³-hybridized carbons (Fsp3) is 0.308. The molecule has 36 heavy (non-hydrogen) atoms. The molecular weight excluding hydrogens is 478 g/mol. The fourth-order valence-electron chi connectivity index (χ4n) is 4.21. The average molecular weight is 506 g/mol. The lowest BCUT2D eigenvalue weighted by atomic mass is 10.1. The highest BCUT2D eigenvalue weighted by Crippen LogP contribution is 2.32. The molecule has 0 bridgehead atoms. The van der Waals surface area contributed by atoms with Crippen LogP contribution in [0.25, 0.3) is 22.6 Å². The van der Waals surface area contributed by atoms with E-state index in [1.54, 1.807) is 24.5 Å². The molecule has 0 atom stereocenters. The Balaban J connectivity index is 1.21. The van der Waals surface area contributed by atoms with Gasteiger partial charge in [0.1, 0.15) is 23.7 Å². The van der Waals surface area contributed by atoms with Crippen molar-refractivity contribution in [1.29, 1.82) is 0 Å². The molecule has 1 aromatic carbocycles. The van der Waals surface area contributed by atoms with Crippen LogP contribution in [-0.4, -0.2) is 70.1 Å². The molecule has 3 N–H and O–H groups in total. The lowest BCUT2D eigenvalue weighted by Gasteiger charge is -2.30. The maximum atomic E-state index is 12.1. The number of anilines is 1. The molecule has 10 heteroatoms. The van der Waals surface area contributed by atoms with Crippen molar-refractivity contribution in [3.8, 4) is 17.1 Å². The molecule has 0 saturated carbocycles. The Bertz CT molecular complexity index is 1320. The van der Waals surface area contributed by atoms with E-state index in [9.17, 15) is 4.79 Å². The van der Waals surface area contributed by atoms with Crippen LogP contribution in [-0.2, 0) is 0 Å². The highest BCUT2D eigenvalue weighted by Gasteiger charge is 2.20. The van der Waals surface area contributed by atoms with Crippen LogP contribution in [0.2, 0.25) is 5.02 Å². The Kier molecular flexibility index (Phi) is 7.29. The Morgan fingerprint density at radius 1 is 1.19 bits per heavy atom. The van der Waals surface area contributed by atoms with Gasteiger partial charge in [0.25, 0.3) is 5.91 Å². The Morgan fingerprint density at radius 2 is 2.00 bits per heavy atom. The van der Waals surface area contributed by atoms with Crippen molar-refractivity contribution >= 4 is 34.4 Å². The maximum absolute atomic E-state index is 12.1. The normalized spacial score (nSPS) is 14.6. The zero-order chi connectivity index (χ0) is 24.9. The van der Waals surface area contributed by atoms with Gasteiger partial charge in [-0.25, -0.2) is 9.97 Å². The molecule has 0 spiro atoms. The van der Waals surface area contributed by atoms with Crippen molar-refractivity contribution in [2.75, 3.05) is 38.6 Å². The third-order valence-electron chi connectivity index (χ3n) is 6.25. The third kappa shape index (κ3) is 5.58. The van der Waals surface area contributed by atoms with Gasteiger partial charge in [0, 0.05) is 24.0 Å². The zero-order valence-corrected chi connectivity index (χ0v) is 20.8. The van der Waals surface area contributed by atoms with Crippen LogP contribution < -0.4 is 15.4 Å². The number of aromatic nitrogens is 4. The predicted molar refractivity (Wildman–Crippen MR) is 141 cm³/mol. The molecular formula is C26H28ClN7O2. The van der Waals surface area contributed by atoms with Crippen molar-refractivity contribution in [1.82, 2.24) is 30.2 Å². The molecule has 0 aliphatic carbocycles. The van der Waals surface area contributed by atoms with Crippen molar-refractivity contribution in [3.05, 3.63) is 65.6 Å². The number of aromatic amines is 1. The molecule has 4 heterocycles. The molecule has 1 aliphatic heterocycles. The standard InChI is InChI=1S/C26H28ClN7O2/c1-34-12-8-19(9-13-34)31-22-21(27)16-30-25-23(22)32-24(33-25)17-4-6-20(7-5-17)36-14-11-29-26(35)18-3-2-10-28-15-18/h2-7,10,15-16,19H,8-9,11-14H2,1H3,(H,29,35)(H2,30,31,32,33). The summed E-state index contributed by atoms with van der Waals surface area (Å²) in [6.45, 7) is 2.86. The van der Waals surface area contributed by atoms with Crippen LogP contribution in [0.5, 0.6) is 5.75 Å². The number of pyridine rings is 2. The minimum absolute atomic E-state index is 0.176. The van der Waals surface area contributed by atoms with Gasteiger partial charge in [-0.2, -0.15) is 0 Å². The smallest absolute Gasteiger partial charge is 0.252 e. The number of H-pyrrole nitrogens is 1. The van der Waals surface area contributed by atoms with Gasteiger partial charge < -0.3 is 25.3 Å². The van der Waals surface area contributed by atoms with Crippen LogP contribution in [0, 0.1) is 0 Å². The first-order valence-corrected chi connectivity index (χ1v) is 12.4. The van der Waals surface area contributed by atoms with E-state index in [-0.39, 0.29) is 5.91 Å². The molecule has 1 saturated heterocycles. The van der Waals surface area contributed by atoms with Gasteiger partial charge in [-0.1, -0.05) is 11.6 Å². The molecule has 0 unspecified atom stereocenters. The highest BCUT2D eigenvalue weighted by atomic mass is 35.5. The summed E-state index contributed by atoms with van der Waals surface area (Å²) < 4.78 is 5.76. The number of nitrogens with zero attached hydrogens (tertiary/aromatic N) is 4. The molecule has 1 amide bonds. The minimum atomic E-state index is -0.176. The first-order chi connectivity index (χ1) is 17.6. The first-order valence-electron chi connectivity index (χ1n) is 12.0. The molecule has 186 valence electrons. The van der Waals surface area contributed by atoms with Gasteiger partial charge >= 0.3 is 0 Å².